The number of nitrogens with one attached hydrogen (secondary N) is 1. The average molecular weight is 194 g/mol. The predicted octanol–water partition coefficient (Wildman–Crippen LogP) is 2.89. The first-order valence-electron chi connectivity index (χ1n) is 5.03. The molecule has 3 heteroatoms. The molecular weight excluding hydrogens is 179 g/mol. The van der Waals surface area contributed by atoms with Crippen LogP contribution in [0.1, 0.15) is 18.4 Å². The highest BCUT2D eigenvalue weighted by Gasteiger charge is 2.12. The first-order valence-corrected chi connectivity index (χ1v) is 5.03. The van der Waals surface area contributed by atoms with E-state index in [1.165, 1.54) is 12.8 Å². The largest absolute Gasteiger partial charge is 0.371 e. The quantitative estimate of drug-likeness (QED) is 0.728. The lowest BCUT2D eigenvalue weighted by molar-refractivity contribution is 0.616. The van der Waals surface area contributed by atoms with Crippen LogP contribution in [0.3, 0.4) is 0 Å². The normalized spacial score (nSPS) is 16.0. The monoisotopic (exact) mass is 194 g/mol. The zero-order valence-corrected chi connectivity index (χ0v) is 8.39. The molecule has 0 bridgehead atoms. The molecule has 0 amide bonds. The van der Waals surface area contributed by atoms with Gasteiger partial charge in [-0.25, -0.2) is 5.54 Å². The summed E-state index contributed by atoms with van der Waals surface area (Å²) in [5.41, 5.74) is 4.37. The summed E-state index contributed by atoms with van der Waals surface area (Å²) in [5, 5.41) is 0. The molecule has 76 valence electrons. The highest BCUT2D eigenvalue weighted by molar-refractivity contribution is 5.61. The molecule has 1 N–H and O–H groups in total. The van der Waals surface area contributed by atoms with E-state index in [-0.39, 0.29) is 0 Å². The second-order valence-electron chi connectivity index (χ2n) is 3.79. The number of nitrogens with zero attached hydrogens (tertiary/aromatic N) is 1. The summed E-state index contributed by atoms with van der Waals surface area (Å²) in [6.45, 7) is 4.08. The molecule has 0 atom stereocenters. The van der Waals surface area contributed by atoms with Crippen molar-refractivity contribution in [3.63, 3.8) is 0 Å². The Kier molecular flexibility index (Phi) is 2.57. The van der Waals surface area contributed by atoms with Crippen LogP contribution < -0.4 is 10.4 Å². The van der Waals surface area contributed by atoms with Gasteiger partial charge in [-0.05, 0) is 37.5 Å². The second kappa shape index (κ2) is 3.86. The third kappa shape index (κ3) is 1.67. The summed E-state index contributed by atoms with van der Waals surface area (Å²) in [7, 11) is 0. The van der Waals surface area contributed by atoms with Crippen LogP contribution in [-0.2, 0) is 0 Å². The standard InChI is InChI=1S/C11H15FN2/c1-9-4-5-10(8-11(9)13-12)14-6-2-3-7-14/h4-5,8,13H,2-3,6-7H2,1H3. The number of aryl methyl sites for hydroxylation is 1. The summed E-state index contributed by atoms with van der Waals surface area (Å²) in [4.78, 5) is 2.29. The third-order valence-corrected chi connectivity index (χ3v) is 2.79. The number of rotatable bonds is 2. The summed E-state index contributed by atoms with van der Waals surface area (Å²) in [6, 6.07) is 5.89. The van der Waals surface area contributed by atoms with Crippen molar-refractivity contribution < 1.29 is 4.48 Å². The molecule has 1 aromatic carbocycles. The van der Waals surface area contributed by atoms with E-state index in [1.54, 1.807) is 5.54 Å². The van der Waals surface area contributed by atoms with Crippen molar-refractivity contribution in [3.05, 3.63) is 23.8 Å². The van der Waals surface area contributed by atoms with E-state index >= 15 is 0 Å². The van der Waals surface area contributed by atoms with Gasteiger partial charge in [0.05, 0.1) is 5.69 Å². The number of benzene rings is 1. The molecule has 0 saturated carbocycles. The van der Waals surface area contributed by atoms with Gasteiger partial charge in [0.2, 0.25) is 0 Å². The van der Waals surface area contributed by atoms with Crippen molar-refractivity contribution in [2.45, 2.75) is 19.8 Å². The molecule has 1 saturated heterocycles. The Bertz CT molecular complexity index is 319. The maximum Gasteiger partial charge on any atom is 0.0705 e. The smallest absolute Gasteiger partial charge is 0.0705 e. The van der Waals surface area contributed by atoms with Crippen LogP contribution >= 0.6 is 0 Å². The van der Waals surface area contributed by atoms with Crippen LogP contribution in [0.25, 0.3) is 0 Å². The molecule has 1 aliphatic heterocycles. The van der Waals surface area contributed by atoms with Crippen LogP contribution in [0.2, 0.25) is 0 Å². The van der Waals surface area contributed by atoms with Crippen LogP contribution in [0.4, 0.5) is 15.9 Å². The minimum Gasteiger partial charge on any atom is -0.371 e. The maximum absolute atomic E-state index is 12.4. The molecule has 0 aliphatic carbocycles. The van der Waals surface area contributed by atoms with E-state index in [0.29, 0.717) is 5.69 Å². The Hall–Kier alpha value is -1.25. The number of halogens is 1. The third-order valence-electron chi connectivity index (χ3n) is 2.79. The lowest BCUT2D eigenvalue weighted by Crippen LogP contribution is -2.17. The first kappa shape index (κ1) is 9.31. The average Bonchev–Trinajstić information content (AvgIpc) is 2.71. The van der Waals surface area contributed by atoms with Gasteiger partial charge in [-0.1, -0.05) is 6.07 Å². The Morgan fingerprint density at radius 2 is 2.00 bits per heavy atom. The van der Waals surface area contributed by atoms with Gasteiger partial charge in [-0.2, -0.15) is 0 Å². The van der Waals surface area contributed by atoms with Crippen molar-refractivity contribution in [3.8, 4) is 0 Å². The predicted molar refractivity (Wildman–Crippen MR) is 57.4 cm³/mol. The molecule has 14 heavy (non-hydrogen) atoms. The number of hydrogen-bond acceptors (Lipinski definition) is 2. The van der Waals surface area contributed by atoms with E-state index in [9.17, 15) is 4.48 Å². The Morgan fingerprint density at radius 3 is 2.64 bits per heavy atom. The van der Waals surface area contributed by atoms with Crippen LogP contribution in [-0.4, -0.2) is 13.1 Å². The van der Waals surface area contributed by atoms with Gasteiger partial charge < -0.3 is 4.90 Å². The van der Waals surface area contributed by atoms with Crippen molar-refractivity contribution in [1.29, 1.82) is 0 Å². The van der Waals surface area contributed by atoms with Crippen LogP contribution in [0.5, 0.6) is 0 Å². The van der Waals surface area contributed by atoms with Crippen molar-refractivity contribution in [2.24, 2.45) is 0 Å². The molecule has 2 rings (SSSR count). The second-order valence-corrected chi connectivity index (χ2v) is 3.79. The van der Waals surface area contributed by atoms with Gasteiger partial charge in [0, 0.05) is 18.8 Å². The van der Waals surface area contributed by atoms with Gasteiger partial charge in [0.25, 0.3) is 0 Å². The fourth-order valence-electron chi connectivity index (χ4n) is 1.88. The highest BCUT2D eigenvalue weighted by Crippen LogP contribution is 2.25. The zero-order valence-electron chi connectivity index (χ0n) is 8.39. The first-order chi connectivity index (χ1) is 6.81. The van der Waals surface area contributed by atoms with E-state index in [2.05, 4.69) is 11.0 Å². The molecule has 1 aromatic rings. The van der Waals surface area contributed by atoms with Crippen molar-refractivity contribution >= 4 is 11.4 Å². The molecule has 0 spiro atoms. The fourth-order valence-corrected chi connectivity index (χ4v) is 1.88. The van der Waals surface area contributed by atoms with Gasteiger partial charge in [-0.3, -0.25) is 0 Å². The van der Waals surface area contributed by atoms with Gasteiger partial charge >= 0.3 is 0 Å². The van der Waals surface area contributed by atoms with E-state index in [0.717, 1.165) is 24.3 Å². The molecular formula is C11H15FN2. The minimum atomic E-state index is 0.578. The molecule has 1 fully saturated rings. The van der Waals surface area contributed by atoms with Crippen molar-refractivity contribution in [2.75, 3.05) is 23.5 Å². The van der Waals surface area contributed by atoms with E-state index in [1.807, 2.05) is 19.1 Å². The molecule has 1 heterocycles. The van der Waals surface area contributed by atoms with Crippen LogP contribution in [0.15, 0.2) is 18.2 Å². The highest BCUT2D eigenvalue weighted by atomic mass is 19.2. The van der Waals surface area contributed by atoms with E-state index < -0.39 is 0 Å². The summed E-state index contributed by atoms with van der Waals surface area (Å²) in [6.07, 6.45) is 2.48. The Labute approximate surface area is 83.7 Å². The molecule has 0 radical (unpaired) electrons. The topological polar surface area (TPSA) is 15.3 Å². The van der Waals surface area contributed by atoms with Crippen LogP contribution in [0, 0.1) is 6.92 Å². The molecule has 0 aromatic heterocycles. The Balaban J connectivity index is 2.25. The summed E-state index contributed by atoms with van der Waals surface area (Å²) >= 11 is 0. The summed E-state index contributed by atoms with van der Waals surface area (Å²) < 4.78 is 12.4. The maximum atomic E-state index is 12.4. The lowest BCUT2D eigenvalue weighted by Gasteiger charge is -2.18. The summed E-state index contributed by atoms with van der Waals surface area (Å²) in [5.74, 6) is 0. The number of anilines is 2. The fraction of sp³-hybridized carbons (Fsp3) is 0.455. The SMILES string of the molecule is Cc1ccc(N2CCCC2)cc1NF. The van der Waals surface area contributed by atoms with Crippen molar-refractivity contribution in [1.82, 2.24) is 0 Å². The lowest BCUT2D eigenvalue weighted by atomic mass is 10.2. The van der Waals surface area contributed by atoms with Gasteiger partial charge in [0.1, 0.15) is 0 Å². The molecule has 1 aliphatic rings. The molecule has 0 unspecified atom stereocenters. The minimum absolute atomic E-state index is 0.578. The van der Waals surface area contributed by atoms with E-state index in [4.69, 9.17) is 0 Å². The molecule has 2 nitrogen and oxygen atoms in total. The van der Waals surface area contributed by atoms with Gasteiger partial charge in [-0.15, -0.1) is 4.48 Å². The Morgan fingerprint density at radius 1 is 1.29 bits per heavy atom. The van der Waals surface area contributed by atoms with Gasteiger partial charge in [0.15, 0.2) is 0 Å². The zero-order chi connectivity index (χ0) is 9.97. The number of hydrogen-bond donors (Lipinski definition) is 1.